The molecule has 0 aliphatic heterocycles. The Morgan fingerprint density at radius 2 is 1.74 bits per heavy atom. The third-order valence-corrected chi connectivity index (χ3v) is 6.45. The van der Waals surface area contributed by atoms with Crippen LogP contribution >= 0.6 is 12.2 Å². The maximum absolute atomic E-state index is 12.3. The van der Waals surface area contributed by atoms with Crippen molar-refractivity contribution in [2.24, 2.45) is 0 Å². The smallest absolute Gasteiger partial charge is 0.409 e. The molecule has 1 aliphatic rings. The molecular weight excluding hydrogens is 586 g/mol. The molecule has 3 aromatic rings. The minimum Gasteiger partial charge on any atom is -0.409 e. The maximum Gasteiger partial charge on any atom is 0.437 e. The summed E-state index contributed by atoms with van der Waals surface area (Å²) in [6.45, 7) is 0.919. The monoisotopic (exact) mass is 611 g/mol. The second kappa shape index (κ2) is 14.5. The second-order valence-electron chi connectivity index (χ2n) is 8.84. The molecule has 0 spiro atoms. The zero-order chi connectivity index (χ0) is 30.8. The molecule has 0 saturated heterocycles. The quantitative estimate of drug-likeness (QED) is 0.111. The number of amides is 1. The third-order valence-electron chi connectivity index (χ3n) is 5.86. The Morgan fingerprint density at radius 3 is 2.40 bits per heavy atom. The van der Waals surface area contributed by atoms with Crippen LogP contribution in [0.15, 0.2) is 83.1 Å². The molecule has 4 rings (SSSR count). The largest absolute Gasteiger partial charge is 0.437 e. The van der Waals surface area contributed by atoms with Crippen LogP contribution in [0.2, 0.25) is 0 Å². The van der Waals surface area contributed by atoms with Crippen molar-refractivity contribution in [1.82, 2.24) is 14.9 Å². The van der Waals surface area contributed by atoms with Crippen LogP contribution in [0.5, 0.6) is 5.75 Å². The zero-order valence-electron chi connectivity index (χ0n) is 22.8. The summed E-state index contributed by atoms with van der Waals surface area (Å²) in [5.41, 5.74) is 6.96. The van der Waals surface area contributed by atoms with Crippen molar-refractivity contribution in [2.45, 2.75) is 26.6 Å². The van der Waals surface area contributed by atoms with Gasteiger partial charge < -0.3 is 18.9 Å². The van der Waals surface area contributed by atoms with Crippen LogP contribution in [0.4, 0.5) is 4.79 Å². The van der Waals surface area contributed by atoms with Gasteiger partial charge in [-0.3, -0.25) is 4.31 Å². The van der Waals surface area contributed by atoms with E-state index in [1.54, 1.807) is 11.4 Å². The topological polar surface area (TPSA) is 182 Å². The molecule has 0 fully saturated rings. The normalized spacial score (nSPS) is 12.4. The predicted molar refractivity (Wildman–Crippen MR) is 152 cm³/mol. The summed E-state index contributed by atoms with van der Waals surface area (Å²) in [7, 11) is 1.73. The van der Waals surface area contributed by atoms with Gasteiger partial charge >= 0.3 is 6.09 Å². The fourth-order valence-corrected chi connectivity index (χ4v) is 4.47. The van der Waals surface area contributed by atoms with Crippen LogP contribution in [-0.4, -0.2) is 32.8 Å². The van der Waals surface area contributed by atoms with Gasteiger partial charge in [0, 0.05) is 23.9 Å². The Labute approximate surface area is 248 Å². The van der Waals surface area contributed by atoms with E-state index >= 15 is 0 Å². The van der Waals surface area contributed by atoms with Crippen LogP contribution in [0.1, 0.15) is 28.9 Å². The van der Waals surface area contributed by atoms with Crippen molar-refractivity contribution in [3.8, 4) is 17.0 Å². The lowest BCUT2D eigenvalue weighted by Crippen LogP contribution is -2.26. The highest BCUT2D eigenvalue weighted by Gasteiger charge is 2.19. The first-order valence-electron chi connectivity index (χ1n) is 12.5. The first kappa shape index (κ1) is 30.6. The second-order valence-corrected chi connectivity index (χ2v) is 9.71. The fraction of sp³-hybridized carbons (Fsp3) is 0.185. The number of ether oxygens (including phenoxy) is 1. The molecule has 0 radical (unpaired) electrons. The summed E-state index contributed by atoms with van der Waals surface area (Å²) >= 11 is 0.814. The van der Waals surface area contributed by atoms with Gasteiger partial charge in [-0.25, -0.2) is 4.79 Å². The highest BCUT2D eigenvalue weighted by Crippen LogP contribution is 2.34. The first-order chi connectivity index (χ1) is 20.7. The van der Waals surface area contributed by atoms with E-state index in [2.05, 4.69) is 20.3 Å². The minimum atomic E-state index is -1.02. The summed E-state index contributed by atoms with van der Waals surface area (Å²) in [5.74, 6) is 0.634. The van der Waals surface area contributed by atoms with Gasteiger partial charge in [-0.1, -0.05) is 53.7 Å². The van der Waals surface area contributed by atoms with Gasteiger partial charge in [0.25, 0.3) is 10.2 Å². The summed E-state index contributed by atoms with van der Waals surface area (Å²) in [5, 5.41) is 23.3. The van der Waals surface area contributed by atoms with Gasteiger partial charge in [0.05, 0.1) is 0 Å². The van der Waals surface area contributed by atoms with E-state index in [0.717, 1.165) is 40.3 Å². The van der Waals surface area contributed by atoms with Crippen LogP contribution in [0.25, 0.3) is 16.8 Å². The number of allylic oxidation sites excluding steroid dienone is 5. The Bertz CT molecular complexity index is 1540. The number of nitrogens with zero attached hydrogens (tertiary/aromatic N) is 4. The van der Waals surface area contributed by atoms with Crippen LogP contribution in [0, 0.1) is 27.2 Å². The van der Waals surface area contributed by atoms with Crippen molar-refractivity contribution in [1.29, 1.82) is 0 Å². The van der Waals surface area contributed by atoms with Gasteiger partial charge in [0.2, 0.25) is 0 Å². The van der Waals surface area contributed by atoms with E-state index in [-0.39, 0.29) is 16.9 Å². The molecule has 2 aromatic carbocycles. The van der Waals surface area contributed by atoms with Gasteiger partial charge in [0.1, 0.15) is 42.6 Å². The number of benzene rings is 2. The molecule has 16 heteroatoms. The number of nitrogens with one attached hydrogen (secondary N) is 1. The van der Waals surface area contributed by atoms with Crippen molar-refractivity contribution in [2.75, 3.05) is 7.05 Å². The number of carbonyl (C=O) groups is 1. The Kier molecular flexibility index (Phi) is 10.3. The van der Waals surface area contributed by atoms with Crippen molar-refractivity contribution >= 4 is 23.9 Å². The molecule has 1 aliphatic carbocycles. The number of hydrogen-bond donors (Lipinski definition) is 1. The van der Waals surface area contributed by atoms with Crippen molar-refractivity contribution in [3.63, 3.8) is 0 Å². The number of hydrogen-bond acceptors (Lipinski definition) is 13. The minimum absolute atomic E-state index is 0.0724. The number of likely N-dealkylation sites (N-methyl/N-ethyl adjacent to an activating group) is 1. The lowest BCUT2D eigenvalue weighted by molar-refractivity contribution is -0.763. The van der Waals surface area contributed by atoms with Crippen LogP contribution < -0.4 is 10.2 Å². The van der Waals surface area contributed by atoms with Crippen LogP contribution in [0.3, 0.4) is 0 Å². The van der Waals surface area contributed by atoms with E-state index in [1.807, 2.05) is 61.6 Å². The lowest BCUT2D eigenvalue weighted by Gasteiger charge is -2.17. The van der Waals surface area contributed by atoms with E-state index in [9.17, 15) is 25.0 Å². The Morgan fingerprint density at radius 1 is 1.07 bits per heavy atom. The molecule has 0 saturated carbocycles. The zero-order valence-corrected chi connectivity index (χ0v) is 23.6. The molecule has 0 bridgehead atoms. The number of carbonyl (C=O) groups excluding carboxylic acids is 1. The standard InChI is InChI=1S/C27H25N5O10S/c1-18-25(26(28-41-18)22-7-4-3-5-8-22)21-9-6-10-23(12-11-21)30(2)43-42-29-27(33)40-24-14-19(16-38-31(34)35)13-20(15-24)17-39-32(36)37/h3-8,10-15H,9,16-17H2,1-2H3,(H,29,33). The molecule has 0 unspecified atom stereocenters. The molecular formula is C27H25N5O10S. The van der Waals surface area contributed by atoms with E-state index in [1.165, 1.54) is 18.2 Å². The molecule has 0 atom stereocenters. The number of aryl methyl sites for hydroxylation is 1. The summed E-state index contributed by atoms with van der Waals surface area (Å²) < 4.78 is 17.5. The maximum atomic E-state index is 12.3. The van der Waals surface area contributed by atoms with E-state index in [4.69, 9.17) is 13.5 Å². The predicted octanol–water partition coefficient (Wildman–Crippen LogP) is 5.51. The Hall–Kier alpha value is -5.35. The Balaban J connectivity index is 1.36. The SMILES string of the molecule is Cc1onc(-c2ccccc2)c1C1=CC=C(N(C)SONC(=O)Oc2cc(CO[N+](=O)[O-])cc(CO[N+](=O)[O-])c2)C=CC1. The number of aromatic nitrogens is 1. The average Bonchev–Trinajstić information content (AvgIpc) is 3.19. The molecule has 1 heterocycles. The third kappa shape index (κ3) is 8.82. The molecule has 224 valence electrons. The molecule has 1 N–H and O–H groups in total. The highest BCUT2D eigenvalue weighted by atomic mass is 32.2. The number of rotatable bonds is 13. The summed E-state index contributed by atoms with van der Waals surface area (Å²) in [6.07, 6.45) is 7.36. The average molecular weight is 612 g/mol. The first-order valence-corrected chi connectivity index (χ1v) is 13.2. The summed E-state index contributed by atoms with van der Waals surface area (Å²) in [4.78, 5) is 42.0. The highest BCUT2D eigenvalue weighted by molar-refractivity contribution is 7.92. The van der Waals surface area contributed by atoms with Crippen molar-refractivity contribution < 1.29 is 38.2 Å². The lowest BCUT2D eigenvalue weighted by atomic mass is 9.97. The van der Waals surface area contributed by atoms with Gasteiger partial charge in [-0.2, -0.15) is 9.76 Å². The molecule has 15 nitrogen and oxygen atoms in total. The molecule has 43 heavy (non-hydrogen) atoms. The summed E-state index contributed by atoms with van der Waals surface area (Å²) in [6, 6.07) is 13.7. The van der Waals surface area contributed by atoms with Gasteiger partial charge in [0.15, 0.2) is 0 Å². The van der Waals surface area contributed by atoms with Gasteiger partial charge in [-0.15, -0.1) is 20.2 Å². The van der Waals surface area contributed by atoms with E-state index in [0.29, 0.717) is 12.2 Å². The fourth-order valence-electron chi connectivity index (χ4n) is 4.04. The molecule has 1 aromatic heterocycles. The van der Waals surface area contributed by atoms with Crippen LogP contribution in [-0.2, 0) is 27.2 Å². The molecule has 1 amide bonds. The van der Waals surface area contributed by atoms with Crippen molar-refractivity contribution in [3.05, 3.63) is 121 Å². The number of hydroxylamine groups is 1. The van der Waals surface area contributed by atoms with E-state index < -0.39 is 29.5 Å². The van der Waals surface area contributed by atoms with Gasteiger partial charge in [-0.05, 0) is 54.3 Å².